The molecule has 0 amide bonds. The van der Waals surface area contributed by atoms with Gasteiger partial charge in [0, 0.05) is 11.9 Å². The average Bonchev–Trinajstić information content (AvgIpc) is 2.50. The third kappa shape index (κ3) is 2.08. The van der Waals surface area contributed by atoms with E-state index < -0.39 is 5.97 Å². The fourth-order valence-corrected chi connectivity index (χ4v) is 1.66. The summed E-state index contributed by atoms with van der Waals surface area (Å²) in [6.07, 6.45) is 1.62. The summed E-state index contributed by atoms with van der Waals surface area (Å²) in [5.74, 6) is -1.21. The zero-order valence-electron chi connectivity index (χ0n) is 9.74. The van der Waals surface area contributed by atoms with Crippen LogP contribution in [0.15, 0.2) is 6.20 Å². The first-order valence-electron chi connectivity index (χ1n) is 4.55. The van der Waals surface area contributed by atoms with Gasteiger partial charge >= 0.3 is 51.4 Å². The molecular weight excluding hydrogens is 233 g/mol. The molecule has 0 unspecified atom stereocenters. The maximum absolute atomic E-state index is 11.0. The molecule has 0 N–H and O–H groups in total. The molecule has 0 aliphatic heterocycles. The molecule has 2 heterocycles. The Labute approximate surface area is 135 Å². The maximum atomic E-state index is 11.0. The number of nitrogens with zero attached hydrogens (tertiary/aromatic N) is 3. The number of carbonyl (C=O) groups is 1. The van der Waals surface area contributed by atoms with Crippen molar-refractivity contribution in [3.05, 3.63) is 29.0 Å². The van der Waals surface area contributed by atoms with Gasteiger partial charge in [-0.3, -0.25) is 9.38 Å². The standard InChI is InChI=1S/C10H11N3O2.K/c1-5-4-11-7(3)9-12-6(2)8(10(14)15)13(5)9;/h4H,1-3H3,(H,14,15);/q;+1/p-1. The number of aromatic nitrogens is 3. The van der Waals surface area contributed by atoms with Crippen LogP contribution >= 0.6 is 0 Å². The van der Waals surface area contributed by atoms with Crippen molar-refractivity contribution in [3.63, 3.8) is 0 Å². The Balaban J connectivity index is 0.00000128. The monoisotopic (exact) mass is 243 g/mol. The summed E-state index contributed by atoms with van der Waals surface area (Å²) in [7, 11) is 0. The molecule has 2 rings (SSSR count). The summed E-state index contributed by atoms with van der Waals surface area (Å²) in [6, 6.07) is 0. The first-order valence-corrected chi connectivity index (χ1v) is 4.55. The molecule has 0 fully saturated rings. The number of fused-ring (bicyclic) bond motifs is 1. The van der Waals surface area contributed by atoms with Crippen LogP contribution < -0.4 is 56.5 Å². The van der Waals surface area contributed by atoms with Gasteiger partial charge in [-0.2, -0.15) is 0 Å². The number of hydrogen-bond acceptors (Lipinski definition) is 4. The number of aromatic carboxylic acids is 1. The number of carbonyl (C=O) groups excluding carboxylic acids is 1. The van der Waals surface area contributed by atoms with Crippen LogP contribution in [-0.4, -0.2) is 20.3 Å². The van der Waals surface area contributed by atoms with Crippen molar-refractivity contribution < 1.29 is 61.3 Å². The second-order valence-corrected chi connectivity index (χ2v) is 3.48. The normalized spacial score (nSPS) is 10.2. The molecule has 0 atom stereocenters. The Morgan fingerprint density at radius 3 is 2.50 bits per heavy atom. The van der Waals surface area contributed by atoms with Crippen LogP contribution in [0, 0.1) is 20.8 Å². The van der Waals surface area contributed by atoms with E-state index in [9.17, 15) is 9.90 Å². The number of aryl methyl sites for hydroxylation is 3. The summed E-state index contributed by atoms with van der Waals surface area (Å²) >= 11 is 0. The Kier molecular flexibility index (Phi) is 4.25. The van der Waals surface area contributed by atoms with Gasteiger partial charge in [-0.1, -0.05) is 0 Å². The molecule has 0 saturated heterocycles. The summed E-state index contributed by atoms with van der Waals surface area (Å²) in [5, 5.41) is 11.0. The Morgan fingerprint density at radius 2 is 1.94 bits per heavy atom. The van der Waals surface area contributed by atoms with E-state index in [1.165, 1.54) is 0 Å². The number of hydrogen-bond donors (Lipinski definition) is 0. The van der Waals surface area contributed by atoms with Gasteiger partial charge < -0.3 is 9.90 Å². The van der Waals surface area contributed by atoms with Crippen LogP contribution in [0.1, 0.15) is 27.6 Å². The van der Waals surface area contributed by atoms with Gasteiger partial charge in [0.2, 0.25) is 0 Å². The molecule has 0 spiro atoms. The van der Waals surface area contributed by atoms with Crippen LogP contribution in [0.2, 0.25) is 0 Å². The van der Waals surface area contributed by atoms with Gasteiger partial charge in [-0.25, -0.2) is 4.98 Å². The van der Waals surface area contributed by atoms with Crippen LogP contribution in [0.3, 0.4) is 0 Å². The van der Waals surface area contributed by atoms with E-state index in [4.69, 9.17) is 0 Å². The van der Waals surface area contributed by atoms with Crippen molar-refractivity contribution >= 4 is 11.6 Å². The molecular formula is C10H10KN3O2. The number of rotatable bonds is 1. The molecule has 2 aromatic heterocycles. The van der Waals surface area contributed by atoms with Gasteiger partial charge in [0.25, 0.3) is 0 Å². The van der Waals surface area contributed by atoms with Gasteiger partial charge in [0.05, 0.1) is 23.1 Å². The minimum Gasteiger partial charge on any atom is -0.543 e. The zero-order chi connectivity index (χ0) is 11.2. The largest absolute Gasteiger partial charge is 1.00 e. The van der Waals surface area contributed by atoms with Crippen molar-refractivity contribution in [2.24, 2.45) is 0 Å². The second kappa shape index (κ2) is 4.93. The van der Waals surface area contributed by atoms with E-state index in [1.807, 2.05) is 0 Å². The third-order valence-corrected chi connectivity index (χ3v) is 2.37. The van der Waals surface area contributed by atoms with E-state index >= 15 is 0 Å². The topological polar surface area (TPSA) is 70.3 Å². The minimum absolute atomic E-state index is 0. The maximum Gasteiger partial charge on any atom is 1.00 e. The molecule has 78 valence electrons. The van der Waals surface area contributed by atoms with Gasteiger partial charge in [0.1, 0.15) is 0 Å². The molecule has 0 bridgehead atoms. The molecule has 5 nitrogen and oxygen atoms in total. The van der Waals surface area contributed by atoms with Crippen molar-refractivity contribution in [3.8, 4) is 0 Å². The van der Waals surface area contributed by atoms with Gasteiger partial charge in [-0.15, -0.1) is 0 Å². The Bertz CT molecular complexity index is 563. The second-order valence-electron chi connectivity index (χ2n) is 3.48. The van der Waals surface area contributed by atoms with Crippen molar-refractivity contribution in [2.45, 2.75) is 20.8 Å². The van der Waals surface area contributed by atoms with Crippen molar-refractivity contribution in [1.82, 2.24) is 14.4 Å². The van der Waals surface area contributed by atoms with Crippen molar-refractivity contribution in [1.29, 1.82) is 0 Å². The number of carboxylic acids is 1. The van der Waals surface area contributed by atoms with E-state index in [-0.39, 0.29) is 57.1 Å². The fraction of sp³-hybridized carbons (Fsp3) is 0.300. The third-order valence-electron chi connectivity index (χ3n) is 2.37. The number of carboxylic acid groups (broad SMARTS) is 1. The molecule has 0 aromatic carbocycles. The molecule has 0 saturated carbocycles. The Morgan fingerprint density at radius 1 is 1.31 bits per heavy atom. The van der Waals surface area contributed by atoms with E-state index in [1.54, 1.807) is 31.4 Å². The SMILES string of the molecule is Cc1nc2c(C)ncc(C)n2c1C(=O)[O-].[K+]. The summed E-state index contributed by atoms with van der Waals surface area (Å²) in [4.78, 5) is 19.3. The quantitative estimate of drug-likeness (QED) is 0.501. The van der Waals surface area contributed by atoms with Gasteiger partial charge in [0.15, 0.2) is 5.65 Å². The summed E-state index contributed by atoms with van der Waals surface area (Å²) in [5.41, 5.74) is 2.57. The molecule has 0 aliphatic carbocycles. The molecule has 6 heteroatoms. The van der Waals surface area contributed by atoms with Crippen molar-refractivity contribution in [2.75, 3.05) is 0 Å². The summed E-state index contributed by atoms with van der Waals surface area (Å²) in [6.45, 7) is 5.23. The average molecular weight is 243 g/mol. The van der Waals surface area contributed by atoms with Gasteiger partial charge in [-0.05, 0) is 20.8 Å². The molecule has 2 aromatic rings. The minimum atomic E-state index is -1.21. The Hall–Kier alpha value is -0.274. The predicted molar refractivity (Wildman–Crippen MR) is 51.5 cm³/mol. The molecule has 16 heavy (non-hydrogen) atoms. The van der Waals surface area contributed by atoms with Crippen LogP contribution in [0.5, 0.6) is 0 Å². The van der Waals surface area contributed by atoms with E-state index in [2.05, 4.69) is 9.97 Å². The van der Waals surface area contributed by atoms with E-state index in [0.29, 0.717) is 17.0 Å². The fourth-order valence-electron chi connectivity index (χ4n) is 1.66. The van der Waals surface area contributed by atoms with Crippen LogP contribution in [-0.2, 0) is 0 Å². The van der Waals surface area contributed by atoms with Crippen LogP contribution in [0.4, 0.5) is 0 Å². The van der Waals surface area contributed by atoms with E-state index in [0.717, 1.165) is 5.69 Å². The first-order chi connectivity index (χ1) is 7.02. The smallest absolute Gasteiger partial charge is 0.543 e. The summed E-state index contributed by atoms with van der Waals surface area (Å²) < 4.78 is 1.56. The predicted octanol–water partition coefficient (Wildman–Crippen LogP) is -2.98. The van der Waals surface area contributed by atoms with Crippen LogP contribution in [0.25, 0.3) is 5.65 Å². The molecule has 0 aliphatic rings. The zero-order valence-corrected chi connectivity index (χ0v) is 12.9. The number of imidazole rings is 1. The molecule has 0 radical (unpaired) electrons. The first kappa shape index (κ1) is 13.8.